The van der Waals surface area contributed by atoms with Crippen LogP contribution in [0.2, 0.25) is 0 Å². The van der Waals surface area contributed by atoms with Gasteiger partial charge in [-0.2, -0.15) is 0 Å². The molecule has 4 rings (SSSR count). The molecule has 0 unspecified atom stereocenters. The maximum atomic E-state index is 13.0. The van der Waals surface area contributed by atoms with E-state index in [-0.39, 0.29) is 0 Å². The number of amides is 4. The summed E-state index contributed by atoms with van der Waals surface area (Å²) < 4.78 is 0. The highest BCUT2D eigenvalue weighted by Gasteiger charge is 2.18. The van der Waals surface area contributed by atoms with E-state index in [9.17, 15) is 19.2 Å². The summed E-state index contributed by atoms with van der Waals surface area (Å²) in [6, 6.07) is 28.1. The van der Waals surface area contributed by atoms with Gasteiger partial charge in [0.1, 0.15) is 0 Å². The summed E-state index contributed by atoms with van der Waals surface area (Å²) in [6.45, 7) is 1.82. The van der Waals surface area contributed by atoms with Crippen LogP contribution in [0.25, 0.3) is 0 Å². The molecule has 11 heteroatoms. The minimum atomic E-state index is -0.478. The van der Waals surface area contributed by atoms with Crippen LogP contribution in [0.4, 0.5) is 0 Å². The number of hydrazine groups is 2. The highest BCUT2D eigenvalue weighted by atomic mass is 33.1. The molecule has 4 amide bonds. The van der Waals surface area contributed by atoms with E-state index in [4.69, 9.17) is 0 Å². The molecule has 8 nitrogen and oxygen atoms in total. The highest BCUT2D eigenvalue weighted by molar-refractivity contribution is 8.76. The van der Waals surface area contributed by atoms with Gasteiger partial charge in [0.2, 0.25) is 0 Å². The van der Waals surface area contributed by atoms with Gasteiger partial charge in [-0.05, 0) is 61.2 Å². The number of benzene rings is 4. The normalized spacial score (nSPS) is 10.4. The van der Waals surface area contributed by atoms with E-state index in [2.05, 4.69) is 21.7 Å². The molecule has 0 aromatic heterocycles. The van der Waals surface area contributed by atoms with Gasteiger partial charge in [-0.15, -0.1) is 11.8 Å². The molecule has 4 aromatic carbocycles. The quantitative estimate of drug-likeness (QED) is 0.117. The van der Waals surface area contributed by atoms with Crippen molar-refractivity contribution in [2.75, 3.05) is 6.26 Å². The van der Waals surface area contributed by atoms with E-state index in [1.165, 1.54) is 33.3 Å². The van der Waals surface area contributed by atoms with Crippen molar-refractivity contribution in [3.05, 3.63) is 125 Å². The first-order valence-corrected chi connectivity index (χ1v) is 15.7. The van der Waals surface area contributed by atoms with Crippen molar-refractivity contribution in [1.29, 1.82) is 0 Å². The van der Waals surface area contributed by atoms with Gasteiger partial charge in [-0.25, -0.2) is 0 Å². The fourth-order valence-corrected chi connectivity index (χ4v) is 6.65. The maximum Gasteiger partial charge on any atom is 0.270 e. The molecule has 0 aliphatic carbocycles. The average molecular weight is 603 g/mol. The van der Waals surface area contributed by atoms with Crippen molar-refractivity contribution < 1.29 is 19.2 Å². The third-order valence-corrected chi connectivity index (χ3v) is 9.08. The lowest BCUT2D eigenvalue weighted by atomic mass is 10.1. The number of carbonyl (C=O) groups is 4. The Morgan fingerprint density at radius 2 is 0.780 bits per heavy atom. The zero-order chi connectivity index (χ0) is 29.2. The molecule has 0 atom stereocenters. The summed E-state index contributed by atoms with van der Waals surface area (Å²) in [5, 5.41) is 0. The van der Waals surface area contributed by atoms with Gasteiger partial charge in [-0.1, -0.05) is 76.2 Å². The number of rotatable bonds is 8. The molecule has 0 aliphatic rings. The van der Waals surface area contributed by atoms with E-state index < -0.39 is 23.6 Å². The van der Waals surface area contributed by atoms with Gasteiger partial charge in [0.15, 0.2) is 0 Å². The van der Waals surface area contributed by atoms with E-state index >= 15 is 0 Å². The van der Waals surface area contributed by atoms with Crippen LogP contribution in [-0.4, -0.2) is 29.9 Å². The molecule has 0 radical (unpaired) electrons. The second-order valence-electron chi connectivity index (χ2n) is 8.49. The van der Waals surface area contributed by atoms with Crippen molar-refractivity contribution in [2.45, 2.75) is 21.6 Å². The van der Waals surface area contributed by atoms with E-state index in [1.54, 1.807) is 72.8 Å². The van der Waals surface area contributed by atoms with E-state index in [0.29, 0.717) is 32.0 Å². The van der Waals surface area contributed by atoms with Gasteiger partial charge in [0.05, 0.1) is 16.7 Å². The average Bonchev–Trinajstić information content (AvgIpc) is 3.01. The molecular weight excluding hydrogens is 577 g/mol. The van der Waals surface area contributed by atoms with E-state index in [1.807, 2.05) is 37.4 Å². The number of aryl methyl sites for hydroxylation is 1. The summed E-state index contributed by atoms with van der Waals surface area (Å²) in [5.41, 5.74) is 12.3. The molecular formula is C30H26N4O4S3. The Bertz CT molecular complexity index is 1600. The Morgan fingerprint density at radius 3 is 1.20 bits per heavy atom. The molecule has 41 heavy (non-hydrogen) atoms. The topological polar surface area (TPSA) is 116 Å². The first kappa shape index (κ1) is 29.8. The molecule has 0 spiro atoms. The van der Waals surface area contributed by atoms with Crippen LogP contribution < -0.4 is 21.7 Å². The highest BCUT2D eigenvalue weighted by Crippen LogP contribution is 2.40. The minimum absolute atomic E-state index is 0.357. The molecule has 0 fully saturated rings. The van der Waals surface area contributed by atoms with Crippen LogP contribution in [0.1, 0.15) is 47.0 Å². The Kier molecular flexibility index (Phi) is 10.5. The van der Waals surface area contributed by atoms with Crippen LogP contribution in [0, 0.1) is 6.92 Å². The standard InChI is InChI=1S/C30H26N4O4S3/c1-19-11-3-4-12-20(19)27(35)31-33-29(37)22-14-6-9-17-25(22)40-41-26-18-10-7-15-23(26)30(38)34-32-28(36)21-13-5-8-16-24(21)39-2/h3-18H,1-2H3,(H,31,35)(H,32,36)(H,33,37)(H,34,38). The SMILES string of the molecule is CSc1ccccc1C(=O)NNC(=O)c1ccccc1SSc1ccccc1C(=O)NNC(=O)c1ccccc1C. The largest absolute Gasteiger partial charge is 0.270 e. The van der Waals surface area contributed by atoms with Crippen LogP contribution in [0.15, 0.2) is 112 Å². The summed E-state index contributed by atoms with van der Waals surface area (Å²) in [4.78, 5) is 53.1. The molecule has 0 bridgehead atoms. The van der Waals surface area contributed by atoms with Gasteiger partial charge in [0.25, 0.3) is 23.6 Å². The number of thioether (sulfide) groups is 1. The van der Waals surface area contributed by atoms with Crippen molar-refractivity contribution in [1.82, 2.24) is 21.7 Å². The molecule has 4 aromatic rings. The molecule has 0 saturated carbocycles. The summed E-state index contributed by atoms with van der Waals surface area (Å²) >= 11 is 1.44. The number of hydrogen-bond acceptors (Lipinski definition) is 7. The fraction of sp³-hybridized carbons (Fsp3) is 0.0667. The molecule has 208 valence electrons. The summed E-state index contributed by atoms with van der Waals surface area (Å²) in [7, 11) is 2.58. The van der Waals surface area contributed by atoms with Crippen molar-refractivity contribution in [2.24, 2.45) is 0 Å². The van der Waals surface area contributed by atoms with Gasteiger partial charge in [-0.3, -0.25) is 40.9 Å². The fourth-order valence-electron chi connectivity index (χ4n) is 3.70. The number of carbonyl (C=O) groups excluding carboxylic acids is 4. The Balaban J connectivity index is 1.39. The molecule has 0 aliphatic heterocycles. The first-order chi connectivity index (χ1) is 19.9. The van der Waals surface area contributed by atoms with Crippen LogP contribution >= 0.6 is 33.3 Å². The lowest BCUT2D eigenvalue weighted by molar-refractivity contribution is 0.0843. The maximum absolute atomic E-state index is 13.0. The Labute approximate surface area is 249 Å². The van der Waals surface area contributed by atoms with Gasteiger partial charge in [0, 0.05) is 20.2 Å². The van der Waals surface area contributed by atoms with Crippen LogP contribution in [-0.2, 0) is 0 Å². The zero-order valence-corrected chi connectivity index (χ0v) is 24.5. The summed E-state index contributed by atoms with van der Waals surface area (Å²) in [6.07, 6.45) is 1.87. The number of hydrogen-bond donors (Lipinski definition) is 4. The lowest BCUT2D eigenvalue weighted by Gasteiger charge is -2.13. The number of nitrogens with one attached hydrogen (secondary N) is 4. The third kappa shape index (κ3) is 7.72. The van der Waals surface area contributed by atoms with Crippen molar-refractivity contribution in [3.8, 4) is 0 Å². The monoisotopic (exact) mass is 602 g/mol. The van der Waals surface area contributed by atoms with Crippen LogP contribution in [0.5, 0.6) is 0 Å². The minimum Gasteiger partial charge on any atom is -0.267 e. The Morgan fingerprint density at radius 1 is 0.463 bits per heavy atom. The van der Waals surface area contributed by atoms with Gasteiger partial charge < -0.3 is 0 Å². The molecule has 0 heterocycles. The zero-order valence-electron chi connectivity index (χ0n) is 22.1. The van der Waals surface area contributed by atoms with Crippen LogP contribution in [0.3, 0.4) is 0 Å². The Hall–Kier alpha value is -4.19. The second kappa shape index (κ2) is 14.4. The predicted octanol–water partition coefficient (Wildman–Crippen LogP) is 5.67. The van der Waals surface area contributed by atoms with Gasteiger partial charge >= 0.3 is 0 Å². The summed E-state index contributed by atoms with van der Waals surface area (Å²) in [5.74, 6) is -1.79. The second-order valence-corrected chi connectivity index (χ2v) is 11.6. The first-order valence-electron chi connectivity index (χ1n) is 12.3. The molecule has 4 N–H and O–H groups in total. The lowest BCUT2D eigenvalue weighted by Crippen LogP contribution is -2.42. The third-order valence-electron chi connectivity index (χ3n) is 5.81. The predicted molar refractivity (Wildman–Crippen MR) is 164 cm³/mol. The van der Waals surface area contributed by atoms with Crippen molar-refractivity contribution in [3.63, 3.8) is 0 Å². The molecule has 0 saturated heterocycles. The van der Waals surface area contributed by atoms with E-state index in [0.717, 1.165) is 10.5 Å². The smallest absolute Gasteiger partial charge is 0.267 e. The van der Waals surface area contributed by atoms with Crippen molar-refractivity contribution >= 4 is 57.0 Å².